The minimum atomic E-state index is 0.655. The lowest BCUT2D eigenvalue weighted by Gasteiger charge is -2.14. The highest BCUT2D eigenvalue weighted by Gasteiger charge is 2.08. The maximum absolute atomic E-state index is 5.04. The van der Waals surface area contributed by atoms with E-state index in [0.717, 1.165) is 11.1 Å². The van der Waals surface area contributed by atoms with Gasteiger partial charge in [-0.2, -0.15) is 0 Å². The predicted molar refractivity (Wildman–Crippen MR) is 53.5 cm³/mol. The molecule has 0 saturated carbocycles. The number of rotatable bonds is 0. The Morgan fingerprint density at radius 2 is 2.33 bits per heavy atom. The zero-order chi connectivity index (χ0) is 8.55. The van der Waals surface area contributed by atoms with Crippen LogP contribution in [0.25, 0.3) is 6.08 Å². The van der Waals surface area contributed by atoms with Crippen LogP contribution in [0.5, 0.6) is 0 Å². The number of allylic oxidation sites excluding steroid dienone is 1. The van der Waals surface area contributed by atoms with E-state index in [9.17, 15) is 0 Å². The summed E-state index contributed by atoms with van der Waals surface area (Å²) in [7, 11) is 0. The van der Waals surface area contributed by atoms with Crippen molar-refractivity contribution in [3.63, 3.8) is 0 Å². The van der Waals surface area contributed by atoms with Crippen LogP contribution >= 0.6 is 12.2 Å². The summed E-state index contributed by atoms with van der Waals surface area (Å²) in [5.41, 5.74) is 2.55. The van der Waals surface area contributed by atoms with Crippen molar-refractivity contribution in [1.29, 1.82) is 0 Å². The first-order valence-electron chi connectivity index (χ1n) is 4.16. The Morgan fingerprint density at radius 1 is 1.50 bits per heavy atom. The van der Waals surface area contributed by atoms with Crippen molar-refractivity contribution in [2.24, 2.45) is 5.92 Å². The van der Waals surface area contributed by atoms with Gasteiger partial charge in [0.05, 0.1) is 0 Å². The fraction of sp³-hybridized carbons (Fsp3) is 0.300. The lowest BCUT2D eigenvalue weighted by molar-refractivity contribution is 0.712. The minimum Gasteiger partial charge on any atom is -0.346 e. The molecule has 1 unspecified atom stereocenters. The third-order valence-corrected chi connectivity index (χ3v) is 2.41. The molecule has 0 fully saturated rings. The van der Waals surface area contributed by atoms with Crippen LogP contribution in [-0.4, -0.2) is 4.98 Å². The largest absolute Gasteiger partial charge is 0.346 e. The SMILES string of the molecule is CC1C=Cc2[nH]c(=S)ccc2C1. The van der Waals surface area contributed by atoms with Crippen LogP contribution in [0.3, 0.4) is 0 Å². The zero-order valence-electron chi connectivity index (χ0n) is 7.00. The highest BCUT2D eigenvalue weighted by molar-refractivity contribution is 7.71. The second-order valence-corrected chi connectivity index (χ2v) is 3.74. The van der Waals surface area contributed by atoms with Crippen molar-refractivity contribution < 1.29 is 0 Å². The molecule has 0 amide bonds. The normalized spacial score (nSPS) is 20.6. The standard InChI is InChI=1S/C10H11NS/c1-7-2-4-9-8(6-7)3-5-10(12)11-9/h2-5,7H,6H2,1H3,(H,11,12). The molecule has 0 saturated heterocycles. The topological polar surface area (TPSA) is 15.8 Å². The van der Waals surface area contributed by atoms with Gasteiger partial charge < -0.3 is 4.98 Å². The number of H-pyrrole nitrogens is 1. The van der Waals surface area contributed by atoms with Gasteiger partial charge in [0.1, 0.15) is 4.64 Å². The van der Waals surface area contributed by atoms with Crippen LogP contribution in [-0.2, 0) is 6.42 Å². The van der Waals surface area contributed by atoms with Crippen LogP contribution in [0.1, 0.15) is 18.2 Å². The molecule has 0 aromatic carbocycles. The highest BCUT2D eigenvalue weighted by Crippen LogP contribution is 2.20. The van der Waals surface area contributed by atoms with Crippen LogP contribution in [0.4, 0.5) is 0 Å². The fourth-order valence-electron chi connectivity index (χ4n) is 1.52. The Kier molecular flexibility index (Phi) is 1.85. The molecule has 1 aliphatic carbocycles. The second-order valence-electron chi connectivity index (χ2n) is 3.30. The number of nitrogens with one attached hydrogen (secondary N) is 1. The summed E-state index contributed by atoms with van der Waals surface area (Å²) >= 11 is 5.04. The molecule has 1 N–H and O–H groups in total. The summed E-state index contributed by atoms with van der Waals surface area (Å²) in [4.78, 5) is 3.18. The summed E-state index contributed by atoms with van der Waals surface area (Å²) < 4.78 is 0.813. The van der Waals surface area contributed by atoms with E-state index in [1.165, 1.54) is 11.3 Å². The smallest absolute Gasteiger partial charge is 0.103 e. The monoisotopic (exact) mass is 177 g/mol. The fourth-order valence-corrected chi connectivity index (χ4v) is 1.70. The molecule has 1 aromatic heterocycles. The molecule has 0 spiro atoms. The maximum Gasteiger partial charge on any atom is 0.103 e. The van der Waals surface area contributed by atoms with Crippen molar-refractivity contribution in [2.75, 3.05) is 0 Å². The molecule has 0 radical (unpaired) electrons. The Balaban J connectivity index is 2.54. The van der Waals surface area contributed by atoms with E-state index in [0.29, 0.717) is 5.92 Å². The molecule has 0 bridgehead atoms. The van der Waals surface area contributed by atoms with Gasteiger partial charge in [-0.25, -0.2) is 0 Å². The van der Waals surface area contributed by atoms with Gasteiger partial charge in [0, 0.05) is 5.69 Å². The molecule has 62 valence electrons. The third-order valence-electron chi connectivity index (χ3n) is 2.17. The van der Waals surface area contributed by atoms with E-state index in [1.54, 1.807) is 0 Å². The molecule has 0 aliphatic heterocycles. The van der Waals surface area contributed by atoms with Gasteiger partial charge in [0.15, 0.2) is 0 Å². The summed E-state index contributed by atoms with van der Waals surface area (Å²) in [6, 6.07) is 4.08. The summed E-state index contributed by atoms with van der Waals surface area (Å²) in [5.74, 6) is 0.655. The Labute approximate surface area is 77.1 Å². The van der Waals surface area contributed by atoms with Crippen LogP contribution in [0, 0.1) is 10.6 Å². The van der Waals surface area contributed by atoms with Crippen molar-refractivity contribution in [3.05, 3.63) is 34.1 Å². The number of fused-ring (bicyclic) bond motifs is 1. The molecule has 12 heavy (non-hydrogen) atoms. The van der Waals surface area contributed by atoms with Crippen LogP contribution in [0.15, 0.2) is 18.2 Å². The molecule has 1 aliphatic rings. The van der Waals surface area contributed by atoms with Gasteiger partial charge in [-0.1, -0.05) is 31.3 Å². The summed E-state index contributed by atoms with van der Waals surface area (Å²) in [6.07, 6.45) is 5.46. The molecule has 1 aromatic rings. The van der Waals surface area contributed by atoms with Crippen molar-refractivity contribution >= 4 is 18.3 Å². The lowest BCUT2D eigenvalue weighted by atomic mass is 9.94. The number of aromatic amines is 1. The van der Waals surface area contributed by atoms with E-state index in [2.05, 4.69) is 30.1 Å². The summed E-state index contributed by atoms with van der Waals surface area (Å²) in [6.45, 7) is 2.22. The van der Waals surface area contributed by atoms with E-state index < -0.39 is 0 Å². The van der Waals surface area contributed by atoms with Crippen molar-refractivity contribution in [2.45, 2.75) is 13.3 Å². The number of hydrogen-bond donors (Lipinski definition) is 1. The molecular formula is C10H11NS. The predicted octanol–water partition coefficient (Wildman–Crippen LogP) is 2.95. The van der Waals surface area contributed by atoms with E-state index in [4.69, 9.17) is 12.2 Å². The summed E-state index contributed by atoms with van der Waals surface area (Å²) in [5, 5.41) is 0. The number of aromatic nitrogens is 1. The highest BCUT2D eigenvalue weighted by atomic mass is 32.1. The first kappa shape index (κ1) is 7.74. The van der Waals surface area contributed by atoms with Crippen LogP contribution < -0.4 is 0 Å². The minimum absolute atomic E-state index is 0.655. The quantitative estimate of drug-likeness (QED) is 0.602. The van der Waals surface area contributed by atoms with Gasteiger partial charge in [0.25, 0.3) is 0 Å². The van der Waals surface area contributed by atoms with Crippen LogP contribution in [0.2, 0.25) is 0 Å². The maximum atomic E-state index is 5.04. The molecule has 2 rings (SSSR count). The number of hydrogen-bond acceptors (Lipinski definition) is 1. The Morgan fingerprint density at radius 3 is 3.17 bits per heavy atom. The molecule has 2 heteroatoms. The first-order valence-corrected chi connectivity index (χ1v) is 4.57. The Hall–Kier alpha value is -0.890. The van der Waals surface area contributed by atoms with Gasteiger partial charge in [-0.3, -0.25) is 0 Å². The molecule has 1 nitrogen and oxygen atoms in total. The van der Waals surface area contributed by atoms with Gasteiger partial charge in [-0.05, 0) is 30.0 Å². The van der Waals surface area contributed by atoms with E-state index in [1.807, 2.05) is 6.07 Å². The molecular weight excluding hydrogens is 166 g/mol. The second kappa shape index (κ2) is 2.87. The van der Waals surface area contributed by atoms with Gasteiger partial charge in [0.2, 0.25) is 0 Å². The molecule has 1 atom stereocenters. The Bertz CT molecular complexity index is 376. The first-order chi connectivity index (χ1) is 5.75. The van der Waals surface area contributed by atoms with E-state index >= 15 is 0 Å². The third kappa shape index (κ3) is 1.34. The van der Waals surface area contributed by atoms with Crippen molar-refractivity contribution in [3.8, 4) is 0 Å². The van der Waals surface area contributed by atoms with Crippen molar-refractivity contribution in [1.82, 2.24) is 4.98 Å². The van der Waals surface area contributed by atoms with Gasteiger partial charge in [-0.15, -0.1) is 0 Å². The lowest BCUT2D eigenvalue weighted by Crippen LogP contribution is -2.04. The van der Waals surface area contributed by atoms with Gasteiger partial charge >= 0.3 is 0 Å². The number of pyridine rings is 1. The average molecular weight is 177 g/mol. The molecule has 1 heterocycles. The average Bonchev–Trinajstić information content (AvgIpc) is 2.05. The zero-order valence-corrected chi connectivity index (χ0v) is 7.82. The van der Waals surface area contributed by atoms with E-state index in [-0.39, 0.29) is 0 Å².